The molecule has 3 rings (SSSR count). The average molecular weight is 269 g/mol. The summed E-state index contributed by atoms with van der Waals surface area (Å²) in [6.45, 7) is 1.87. The first kappa shape index (κ1) is 12.7. The molecule has 0 amide bonds. The molecule has 102 valence electrons. The summed E-state index contributed by atoms with van der Waals surface area (Å²) in [5.74, 6) is 0.954. The van der Waals surface area contributed by atoms with E-state index < -0.39 is 6.10 Å². The summed E-state index contributed by atoms with van der Waals surface area (Å²) in [4.78, 5) is 0. The molecule has 2 aromatic rings. The number of phenolic OH excluding ortho intramolecular Hbond substituents is 1. The second-order valence-corrected chi connectivity index (χ2v) is 4.83. The summed E-state index contributed by atoms with van der Waals surface area (Å²) in [5, 5.41) is 23.0. The van der Waals surface area contributed by atoms with Gasteiger partial charge in [0.1, 0.15) is 17.2 Å². The molecule has 0 fully saturated rings. The molecule has 1 aromatic carbocycles. The molecular weight excluding hydrogens is 254 g/mol. The van der Waals surface area contributed by atoms with E-state index in [-0.39, 0.29) is 5.75 Å². The van der Waals surface area contributed by atoms with Gasteiger partial charge in [-0.1, -0.05) is 23.4 Å². The van der Waals surface area contributed by atoms with Gasteiger partial charge in [-0.25, -0.2) is 0 Å². The van der Waals surface area contributed by atoms with Crippen LogP contribution in [0.4, 0.5) is 0 Å². The summed E-state index contributed by atoms with van der Waals surface area (Å²) in [7, 11) is 0. The van der Waals surface area contributed by atoms with Gasteiger partial charge in [0, 0.05) is 5.56 Å². The number of nitrogens with zero attached hydrogens (tertiary/aromatic N) is 1. The number of aliphatic hydroxyl groups excluding tert-OH is 1. The zero-order valence-corrected chi connectivity index (χ0v) is 11.1. The van der Waals surface area contributed by atoms with Crippen LogP contribution in [0, 0.1) is 6.92 Å². The number of allylic oxidation sites excluding steroid dienone is 2. The normalized spacial score (nSPS) is 18.1. The van der Waals surface area contributed by atoms with E-state index in [1.165, 1.54) is 0 Å². The van der Waals surface area contributed by atoms with Crippen LogP contribution >= 0.6 is 0 Å². The number of aromatic nitrogens is 1. The SMILES string of the molecule is Cc1onc(-c2ccc(O)cc2)c1C1=CCC(O)C=C1. The Morgan fingerprint density at radius 3 is 2.65 bits per heavy atom. The van der Waals surface area contributed by atoms with Gasteiger partial charge < -0.3 is 14.7 Å². The second kappa shape index (κ2) is 4.98. The van der Waals surface area contributed by atoms with Crippen LogP contribution in [-0.4, -0.2) is 21.5 Å². The molecule has 4 heteroatoms. The van der Waals surface area contributed by atoms with Gasteiger partial charge in [-0.2, -0.15) is 0 Å². The quantitative estimate of drug-likeness (QED) is 0.879. The van der Waals surface area contributed by atoms with Crippen molar-refractivity contribution >= 4 is 5.57 Å². The summed E-state index contributed by atoms with van der Waals surface area (Å²) in [5.41, 5.74) is 3.56. The van der Waals surface area contributed by atoms with E-state index in [9.17, 15) is 10.2 Å². The Morgan fingerprint density at radius 1 is 1.25 bits per heavy atom. The van der Waals surface area contributed by atoms with Crippen molar-refractivity contribution in [2.24, 2.45) is 0 Å². The number of rotatable bonds is 2. The van der Waals surface area contributed by atoms with E-state index in [0.29, 0.717) is 6.42 Å². The van der Waals surface area contributed by atoms with Crippen molar-refractivity contribution in [3.63, 3.8) is 0 Å². The lowest BCUT2D eigenvalue weighted by atomic mass is 9.94. The maximum Gasteiger partial charge on any atom is 0.142 e. The summed E-state index contributed by atoms with van der Waals surface area (Å²) >= 11 is 0. The number of aryl methyl sites for hydroxylation is 1. The standard InChI is InChI=1S/C16H15NO3/c1-10-15(11-2-6-13(18)7-3-11)16(17-20-10)12-4-8-14(19)9-5-12/h2-6,8-9,13,18-19H,7H2,1H3. The minimum Gasteiger partial charge on any atom is -0.508 e. The van der Waals surface area contributed by atoms with Crippen LogP contribution in [0.1, 0.15) is 17.7 Å². The molecule has 0 radical (unpaired) electrons. The van der Waals surface area contributed by atoms with Crippen molar-refractivity contribution in [1.29, 1.82) is 0 Å². The van der Waals surface area contributed by atoms with Gasteiger partial charge in [-0.3, -0.25) is 0 Å². The monoisotopic (exact) mass is 269 g/mol. The van der Waals surface area contributed by atoms with Crippen LogP contribution in [0.15, 0.2) is 47.0 Å². The highest BCUT2D eigenvalue weighted by Gasteiger charge is 2.19. The van der Waals surface area contributed by atoms with Crippen molar-refractivity contribution < 1.29 is 14.7 Å². The molecule has 4 nitrogen and oxygen atoms in total. The van der Waals surface area contributed by atoms with Crippen molar-refractivity contribution in [2.75, 3.05) is 0 Å². The summed E-state index contributed by atoms with van der Waals surface area (Å²) in [6.07, 6.45) is 5.80. The number of aromatic hydroxyl groups is 1. The van der Waals surface area contributed by atoms with E-state index >= 15 is 0 Å². The Bertz CT molecular complexity index is 680. The largest absolute Gasteiger partial charge is 0.508 e. The van der Waals surface area contributed by atoms with Crippen LogP contribution in [0.25, 0.3) is 16.8 Å². The van der Waals surface area contributed by atoms with Crippen molar-refractivity contribution in [2.45, 2.75) is 19.4 Å². The number of aliphatic hydroxyl groups is 1. The van der Waals surface area contributed by atoms with Crippen molar-refractivity contribution in [3.05, 3.63) is 53.8 Å². The van der Waals surface area contributed by atoms with E-state index in [1.807, 2.05) is 19.1 Å². The highest BCUT2D eigenvalue weighted by Crippen LogP contribution is 2.33. The second-order valence-electron chi connectivity index (χ2n) is 4.83. The first-order valence-corrected chi connectivity index (χ1v) is 6.47. The molecule has 1 unspecified atom stereocenters. The molecule has 1 aliphatic rings. The van der Waals surface area contributed by atoms with Gasteiger partial charge in [0.25, 0.3) is 0 Å². The number of benzene rings is 1. The third kappa shape index (κ3) is 2.26. The van der Waals surface area contributed by atoms with Crippen molar-refractivity contribution in [3.8, 4) is 17.0 Å². The fourth-order valence-electron chi connectivity index (χ4n) is 2.32. The van der Waals surface area contributed by atoms with Gasteiger partial charge in [-0.05, 0) is 43.2 Å². The Morgan fingerprint density at radius 2 is 2.00 bits per heavy atom. The van der Waals surface area contributed by atoms with E-state index in [2.05, 4.69) is 5.16 Å². The molecule has 1 aromatic heterocycles. The number of hydrogen-bond donors (Lipinski definition) is 2. The third-order valence-electron chi connectivity index (χ3n) is 3.37. The summed E-state index contributed by atoms with van der Waals surface area (Å²) in [6, 6.07) is 6.85. The molecule has 2 N–H and O–H groups in total. The fourth-order valence-corrected chi connectivity index (χ4v) is 2.32. The molecule has 0 bridgehead atoms. The molecule has 1 atom stereocenters. The molecule has 0 saturated heterocycles. The Labute approximate surface area is 116 Å². The zero-order valence-electron chi connectivity index (χ0n) is 11.1. The fraction of sp³-hybridized carbons (Fsp3) is 0.188. The van der Waals surface area contributed by atoms with E-state index in [4.69, 9.17) is 4.52 Å². The lowest BCUT2D eigenvalue weighted by Crippen LogP contribution is -2.04. The number of phenols is 1. The minimum absolute atomic E-state index is 0.218. The lowest BCUT2D eigenvalue weighted by molar-refractivity contribution is 0.226. The Hall–Kier alpha value is -2.33. The van der Waals surface area contributed by atoms with Gasteiger partial charge in [-0.15, -0.1) is 0 Å². The lowest BCUT2D eigenvalue weighted by Gasteiger charge is -2.11. The molecule has 1 heterocycles. The first-order chi connectivity index (χ1) is 9.65. The smallest absolute Gasteiger partial charge is 0.142 e. The molecule has 0 aliphatic heterocycles. The first-order valence-electron chi connectivity index (χ1n) is 6.47. The maximum atomic E-state index is 9.51. The van der Waals surface area contributed by atoms with Crippen molar-refractivity contribution in [1.82, 2.24) is 5.16 Å². The van der Waals surface area contributed by atoms with Crippen LogP contribution in [0.2, 0.25) is 0 Å². The molecule has 0 saturated carbocycles. The Balaban J connectivity index is 2.06. The Kier molecular flexibility index (Phi) is 3.16. The predicted molar refractivity (Wildman–Crippen MR) is 76.1 cm³/mol. The van der Waals surface area contributed by atoms with Gasteiger partial charge in [0.15, 0.2) is 0 Å². The topological polar surface area (TPSA) is 66.5 Å². The highest BCUT2D eigenvalue weighted by molar-refractivity contribution is 5.85. The molecule has 0 spiro atoms. The van der Waals surface area contributed by atoms with Gasteiger partial charge >= 0.3 is 0 Å². The predicted octanol–water partition coefficient (Wildman–Crippen LogP) is 3.06. The van der Waals surface area contributed by atoms with Crippen LogP contribution in [-0.2, 0) is 0 Å². The van der Waals surface area contributed by atoms with Gasteiger partial charge in [0.05, 0.1) is 11.7 Å². The summed E-state index contributed by atoms with van der Waals surface area (Å²) < 4.78 is 5.31. The molecule has 20 heavy (non-hydrogen) atoms. The molecular formula is C16H15NO3. The van der Waals surface area contributed by atoms with Crippen LogP contribution in [0.5, 0.6) is 5.75 Å². The zero-order chi connectivity index (χ0) is 14.1. The third-order valence-corrected chi connectivity index (χ3v) is 3.37. The highest BCUT2D eigenvalue weighted by atomic mass is 16.5. The van der Waals surface area contributed by atoms with E-state index in [1.54, 1.807) is 30.3 Å². The van der Waals surface area contributed by atoms with E-state index in [0.717, 1.165) is 28.2 Å². The number of hydrogen-bond acceptors (Lipinski definition) is 4. The van der Waals surface area contributed by atoms with Gasteiger partial charge in [0.2, 0.25) is 0 Å². The maximum absolute atomic E-state index is 9.51. The van der Waals surface area contributed by atoms with Crippen LogP contribution in [0.3, 0.4) is 0 Å². The van der Waals surface area contributed by atoms with Crippen LogP contribution < -0.4 is 0 Å². The minimum atomic E-state index is -0.420. The molecule has 1 aliphatic carbocycles. The average Bonchev–Trinajstić information content (AvgIpc) is 2.83.